The highest BCUT2D eigenvalue weighted by Crippen LogP contribution is 2.22. The topological polar surface area (TPSA) is 42.0 Å². The van der Waals surface area contributed by atoms with Crippen LogP contribution in [-0.4, -0.2) is 68.3 Å². The summed E-state index contributed by atoms with van der Waals surface area (Å²) in [6, 6.07) is 7.21. The summed E-state index contributed by atoms with van der Waals surface area (Å²) in [5.74, 6) is 0.813. The molecule has 1 unspecified atom stereocenters. The van der Waals surface area contributed by atoms with Crippen molar-refractivity contribution in [2.24, 2.45) is 0 Å². The van der Waals surface area contributed by atoms with Crippen molar-refractivity contribution in [2.45, 2.75) is 13.0 Å². The van der Waals surface area contributed by atoms with E-state index in [1.54, 1.807) is 6.07 Å². The molecule has 0 spiro atoms. The molecule has 1 atom stereocenters. The molecular formula is C16H23ClN2O3. The van der Waals surface area contributed by atoms with Gasteiger partial charge in [-0.3, -0.25) is 9.69 Å². The van der Waals surface area contributed by atoms with E-state index in [0.29, 0.717) is 50.2 Å². The third-order valence-electron chi connectivity index (χ3n) is 3.88. The minimum atomic E-state index is -0.173. The molecule has 0 aliphatic carbocycles. The van der Waals surface area contributed by atoms with Crippen LogP contribution in [0.25, 0.3) is 0 Å². The number of hydrogen-bond acceptors (Lipinski definition) is 4. The van der Waals surface area contributed by atoms with Crippen LogP contribution in [0.5, 0.6) is 5.75 Å². The van der Waals surface area contributed by atoms with Crippen molar-refractivity contribution in [2.75, 3.05) is 46.5 Å². The van der Waals surface area contributed by atoms with Gasteiger partial charge in [0.25, 0.3) is 0 Å². The lowest BCUT2D eigenvalue weighted by Crippen LogP contribution is -2.50. The van der Waals surface area contributed by atoms with Crippen LogP contribution in [0.1, 0.15) is 6.92 Å². The van der Waals surface area contributed by atoms with Gasteiger partial charge in [-0.2, -0.15) is 0 Å². The molecule has 0 radical (unpaired) electrons. The van der Waals surface area contributed by atoms with Crippen molar-refractivity contribution in [3.8, 4) is 5.75 Å². The first-order valence-electron chi connectivity index (χ1n) is 7.53. The lowest BCUT2D eigenvalue weighted by atomic mass is 10.2. The molecule has 6 heteroatoms. The van der Waals surface area contributed by atoms with E-state index in [4.69, 9.17) is 21.1 Å². The van der Waals surface area contributed by atoms with Gasteiger partial charge in [-0.15, -0.1) is 0 Å². The Morgan fingerprint density at radius 1 is 1.41 bits per heavy atom. The Kier molecular flexibility index (Phi) is 6.49. The predicted molar refractivity (Wildman–Crippen MR) is 86.4 cm³/mol. The summed E-state index contributed by atoms with van der Waals surface area (Å²) >= 11 is 6.04. The summed E-state index contributed by atoms with van der Waals surface area (Å²) in [5, 5.41) is 0.600. The molecule has 1 aromatic carbocycles. The molecule has 5 nitrogen and oxygen atoms in total. The summed E-state index contributed by atoms with van der Waals surface area (Å²) in [5.41, 5.74) is 0. The number of likely N-dealkylation sites (N-methyl/N-ethyl adjacent to an activating group) is 1. The molecule has 0 aromatic heterocycles. The van der Waals surface area contributed by atoms with Crippen molar-refractivity contribution >= 4 is 17.5 Å². The molecule has 1 fully saturated rings. The van der Waals surface area contributed by atoms with Crippen LogP contribution in [0.2, 0.25) is 5.02 Å². The second-order valence-corrected chi connectivity index (χ2v) is 5.78. The van der Waals surface area contributed by atoms with Gasteiger partial charge in [0.05, 0.1) is 24.3 Å². The Hall–Kier alpha value is -1.30. The van der Waals surface area contributed by atoms with Gasteiger partial charge in [0, 0.05) is 19.6 Å². The molecule has 0 bridgehead atoms. The van der Waals surface area contributed by atoms with Crippen molar-refractivity contribution < 1.29 is 14.3 Å². The molecule has 1 aromatic rings. The van der Waals surface area contributed by atoms with Gasteiger partial charge >= 0.3 is 0 Å². The summed E-state index contributed by atoms with van der Waals surface area (Å²) in [7, 11) is 1.93. The molecule has 1 amide bonds. The average Bonchev–Trinajstić information content (AvgIpc) is 2.56. The van der Waals surface area contributed by atoms with Crippen LogP contribution in [0.4, 0.5) is 0 Å². The van der Waals surface area contributed by atoms with Crippen molar-refractivity contribution in [1.82, 2.24) is 9.80 Å². The van der Waals surface area contributed by atoms with Gasteiger partial charge in [-0.1, -0.05) is 23.7 Å². The summed E-state index contributed by atoms with van der Waals surface area (Å²) in [4.78, 5) is 16.2. The lowest BCUT2D eigenvalue weighted by Gasteiger charge is -2.32. The molecule has 22 heavy (non-hydrogen) atoms. The fraction of sp³-hybridized carbons (Fsp3) is 0.562. The fourth-order valence-corrected chi connectivity index (χ4v) is 2.48. The van der Waals surface area contributed by atoms with Gasteiger partial charge < -0.3 is 14.4 Å². The van der Waals surface area contributed by atoms with Crippen LogP contribution in [0, 0.1) is 0 Å². The van der Waals surface area contributed by atoms with Crippen molar-refractivity contribution in [3.63, 3.8) is 0 Å². The van der Waals surface area contributed by atoms with Crippen molar-refractivity contribution in [1.29, 1.82) is 0 Å². The Morgan fingerprint density at radius 3 is 2.77 bits per heavy atom. The maximum absolute atomic E-state index is 12.4. The molecule has 1 aliphatic rings. The summed E-state index contributed by atoms with van der Waals surface area (Å²) in [6.07, 6.45) is 0. The number of carbonyl (C=O) groups is 1. The van der Waals surface area contributed by atoms with Gasteiger partial charge in [0.1, 0.15) is 12.4 Å². The number of morpholine rings is 1. The van der Waals surface area contributed by atoms with E-state index in [2.05, 4.69) is 0 Å². The minimum Gasteiger partial charge on any atom is -0.491 e. The molecule has 0 N–H and O–H groups in total. The first-order chi connectivity index (χ1) is 10.6. The van der Waals surface area contributed by atoms with Gasteiger partial charge in [-0.25, -0.2) is 0 Å². The highest BCUT2D eigenvalue weighted by atomic mass is 35.5. The Bertz CT molecular complexity index is 492. The number of para-hydroxylation sites is 1. The van der Waals surface area contributed by atoms with Crippen LogP contribution in [0.3, 0.4) is 0 Å². The van der Waals surface area contributed by atoms with E-state index < -0.39 is 0 Å². The zero-order valence-electron chi connectivity index (χ0n) is 13.1. The van der Waals surface area contributed by atoms with Crippen LogP contribution >= 0.6 is 11.6 Å². The average molecular weight is 327 g/mol. The third kappa shape index (κ3) is 4.60. The number of amides is 1. The number of ether oxygens (including phenoxy) is 2. The maximum Gasteiger partial charge on any atom is 0.239 e. The molecule has 2 rings (SSSR count). The highest BCUT2D eigenvalue weighted by molar-refractivity contribution is 6.32. The van der Waals surface area contributed by atoms with Crippen molar-refractivity contribution in [3.05, 3.63) is 29.3 Å². The molecule has 0 saturated carbocycles. The Balaban J connectivity index is 1.77. The van der Waals surface area contributed by atoms with Crippen LogP contribution < -0.4 is 4.74 Å². The molecule has 1 heterocycles. The van der Waals surface area contributed by atoms with E-state index in [1.165, 1.54) is 0 Å². The van der Waals surface area contributed by atoms with E-state index >= 15 is 0 Å². The Morgan fingerprint density at radius 2 is 2.09 bits per heavy atom. The fourth-order valence-electron chi connectivity index (χ4n) is 2.29. The zero-order valence-corrected chi connectivity index (χ0v) is 13.9. The lowest BCUT2D eigenvalue weighted by molar-refractivity contribution is -0.140. The number of benzene rings is 1. The number of carbonyl (C=O) groups excluding carboxylic acids is 1. The van der Waals surface area contributed by atoms with Gasteiger partial charge in [-0.05, 0) is 26.1 Å². The van der Waals surface area contributed by atoms with E-state index in [-0.39, 0.29) is 11.9 Å². The number of rotatable bonds is 6. The minimum absolute atomic E-state index is 0.142. The summed E-state index contributed by atoms with van der Waals surface area (Å²) < 4.78 is 10.9. The first kappa shape index (κ1) is 17.1. The smallest absolute Gasteiger partial charge is 0.239 e. The predicted octanol–water partition coefficient (Wildman–Crippen LogP) is 1.90. The first-order valence-corrected chi connectivity index (χ1v) is 7.91. The molecule has 1 saturated heterocycles. The highest BCUT2D eigenvalue weighted by Gasteiger charge is 2.25. The maximum atomic E-state index is 12.4. The SMILES string of the molecule is CC(C(=O)N1CCOCC1)N(C)CCOc1ccccc1Cl. The van der Waals surface area contributed by atoms with E-state index in [9.17, 15) is 4.79 Å². The van der Waals surface area contributed by atoms with Gasteiger partial charge in [0.15, 0.2) is 0 Å². The Labute approximate surface area is 136 Å². The van der Waals surface area contributed by atoms with Crippen LogP contribution in [0.15, 0.2) is 24.3 Å². The zero-order chi connectivity index (χ0) is 15.9. The number of nitrogens with zero attached hydrogens (tertiary/aromatic N) is 2. The number of hydrogen-bond donors (Lipinski definition) is 0. The molecule has 1 aliphatic heterocycles. The normalized spacial score (nSPS) is 16.6. The molecule has 122 valence electrons. The monoisotopic (exact) mass is 326 g/mol. The largest absolute Gasteiger partial charge is 0.491 e. The van der Waals surface area contributed by atoms with E-state index in [1.807, 2.05) is 42.0 Å². The number of halogens is 1. The third-order valence-corrected chi connectivity index (χ3v) is 4.19. The second kappa shape index (κ2) is 8.36. The standard InChI is InChI=1S/C16H23ClN2O3/c1-13(16(20)19-8-10-21-11-9-19)18(2)7-12-22-15-6-4-3-5-14(15)17/h3-6,13H,7-12H2,1-2H3. The quantitative estimate of drug-likeness (QED) is 0.800. The summed E-state index contributed by atoms with van der Waals surface area (Å²) in [6.45, 7) is 5.66. The van der Waals surface area contributed by atoms with Crippen LogP contribution in [-0.2, 0) is 9.53 Å². The second-order valence-electron chi connectivity index (χ2n) is 5.37. The van der Waals surface area contributed by atoms with E-state index in [0.717, 1.165) is 0 Å². The molecular weight excluding hydrogens is 304 g/mol. The van der Waals surface area contributed by atoms with Gasteiger partial charge in [0.2, 0.25) is 5.91 Å².